The molecule has 0 aromatic heterocycles. The third-order valence-corrected chi connectivity index (χ3v) is 10.0. The van der Waals surface area contributed by atoms with Gasteiger partial charge in [0.2, 0.25) is 11.8 Å². The van der Waals surface area contributed by atoms with Crippen LogP contribution in [-0.4, -0.2) is 84.8 Å². The van der Waals surface area contributed by atoms with Crippen molar-refractivity contribution in [3.63, 3.8) is 0 Å². The van der Waals surface area contributed by atoms with Crippen LogP contribution in [0.4, 0.5) is 32.0 Å². The summed E-state index contributed by atoms with van der Waals surface area (Å²) in [5, 5.41) is 0.547. The topological polar surface area (TPSA) is 64.2 Å². The number of nitrogens with zero attached hydrogens (tertiary/aromatic N) is 4. The van der Waals surface area contributed by atoms with Gasteiger partial charge in [0.25, 0.3) is 5.91 Å². The van der Waals surface area contributed by atoms with Crippen molar-refractivity contribution in [1.29, 1.82) is 0 Å². The summed E-state index contributed by atoms with van der Waals surface area (Å²) in [5.41, 5.74) is -2.10. The molecule has 2 aromatic carbocycles. The van der Waals surface area contributed by atoms with Crippen LogP contribution in [0.2, 0.25) is 5.02 Å². The largest absolute Gasteiger partial charge is 0.417 e. The Morgan fingerprint density at radius 2 is 1.51 bits per heavy atom. The molecule has 5 rings (SSSR count). The molecule has 2 atom stereocenters. The van der Waals surface area contributed by atoms with Crippen LogP contribution < -0.4 is 4.90 Å². The second-order valence-electron chi connectivity index (χ2n) is 12.8. The van der Waals surface area contributed by atoms with Gasteiger partial charge in [-0.2, -0.15) is 26.3 Å². The fourth-order valence-electron chi connectivity index (χ4n) is 6.98. The van der Waals surface area contributed by atoms with Gasteiger partial charge in [0.15, 0.2) is 0 Å². The predicted molar refractivity (Wildman–Crippen MR) is 164 cm³/mol. The van der Waals surface area contributed by atoms with E-state index in [1.54, 1.807) is 15.9 Å². The number of likely N-dealkylation sites (tertiary alicyclic amines) is 3. The van der Waals surface area contributed by atoms with Crippen LogP contribution in [0.1, 0.15) is 53.2 Å². The van der Waals surface area contributed by atoms with E-state index in [-0.39, 0.29) is 42.7 Å². The van der Waals surface area contributed by atoms with Crippen LogP contribution in [0.5, 0.6) is 0 Å². The first kappa shape index (κ1) is 35.0. The maximum Gasteiger partial charge on any atom is 0.417 e. The number of hydrogen-bond acceptors (Lipinski definition) is 4. The number of amides is 3. The Kier molecular flexibility index (Phi) is 10.2. The minimum Gasteiger partial charge on any atom is -0.343 e. The summed E-state index contributed by atoms with van der Waals surface area (Å²) in [6, 6.07) is 6.47. The molecule has 3 saturated heterocycles. The van der Waals surface area contributed by atoms with Gasteiger partial charge in [0, 0.05) is 69.4 Å². The third kappa shape index (κ3) is 7.88. The van der Waals surface area contributed by atoms with Gasteiger partial charge >= 0.3 is 12.4 Å². The highest BCUT2D eigenvalue weighted by Crippen LogP contribution is 2.39. The predicted octanol–water partition coefficient (Wildman–Crippen LogP) is 6.37. The van der Waals surface area contributed by atoms with Gasteiger partial charge in [-0.05, 0) is 80.5 Å². The first-order valence-electron chi connectivity index (χ1n) is 15.7. The number of rotatable bonds is 7. The van der Waals surface area contributed by atoms with Crippen LogP contribution in [0.15, 0.2) is 36.4 Å². The van der Waals surface area contributed by atoms with Crippen molar-refractivity contribution >= 4 is 35.0 Å². The molecule has 0 saturated carbocycles. The minimum atomic E-state index is -4.98. The van der Waals surface area contributed by atoms with Crippen molar-refractivity contribution in [3.05, 3.63) is 63.7 Å². The van der Waals surface area contributed by atoms with Crippen molar-refractivity contribution in [1.82, 2.24) is 14.7 Å². The normalized spacial score (nSPS) is 20.9. The van der Waals surface area contributed by atoms with Crippen molar-refractivity contribution in [2.24, 2.45) is 17.8 Å². The highest BCUT2D eigenvalue weighted by Gasteiger charge is 2.44. The van der Waals surface area contributed by atoms with E-state index >= 15 is 0 Å². The zero-order chi connectivity index (χ0) is 34.3. The fraction of sp³-hybridized carbons (Fsp3) is 0.545. The Bertz CT molecular complexity index is 1490. The second-order valence-corrected chi connectivity index (χ2v) is 13.2. The summed E-state index contributed by atoms with van der Waals surface area (Å²) in [7, 11) is 0. The number of piperidine rings is 1. The molecule has 0 N–H and O–H groups in total. The Morgan fingerprint density at radius 3 is 2.06 bits per heavy atom. The van der Waals surface area contributed by atoms with Crippen molar-refractivity contribution in [2.75, 3.05) is 57.3 Å². The average Bonchev–Trinajstić information content (AvgIpc) is 3.58. The Labute approximate surface area is 274 Å². The molecule has 3 fully saturated rings. The molecular formula is C33H37ClF6N4O3. The lowest BCUT2D eigenvalue weighted by atomic mass is 9.94. The standard InChI is InChI=1S/C33H37ClF6N4O3/c1-20-4-6-26(15-29(20)34)44(30(46)22-8-12-42(13-9-22)21(2)45)11-3-10-41-16-23-18-43(19-24(23)17-41)31(47)27-14-25(32(35,36)37)5-7-28(27)33(38,39)40/h4-7,14-15,22-24H,3,8-13,16-19H2,1-2H3. The SMILES string of the molecule is CC(=O)N1CCC(C(=O)N(CCCN2CC3CN(C(=O)c4cc(C(F)(F)F)ccc4C(F)(F)F)CC3C2)c2ccc(C)c(Cl)c2)CC1. The number of anilines is 1. The molecule has 256 valence electrons. The Balaban J connectivity index is 1.20. The summed E-state index contributed by atoms with van der Waals surface area (Å²) in [5.74, 6) is -1.37. The lowest BCUT2D eigenvalue weighted by molar-refractivity contribution is -0.141. The van der Waals surface area contributed by atoms with E-state index in [0.717, 1.165) is 5.56 Å². The number of hydrogen-bond donors (Lipinski definition) is 0. The van der Waals surface area contributed by atoms with E-state index in [1.165, 1.54) is 11.8 Å². The van der Waals surface area contributed by atoms with Gasteiger partial charge in [-0.1, -0.05) is 17.7 Å². The molecule has 7 nitrogen and oxygen atoms in total. The number of aryl methyl sites for hydroxylation is 1. The third-order valence-electron chi connectivity index (χ3n) is 9.61. The number of fused-ring (bicyclic) bond motifs is 1. The average molecular weight is 687 g/mol. The molecule has 14 heteroatoms. The van der Waals surface area contributed by atoms with Crippen molar-refractivity contribution in [3.8, 4) is 0 Å². The maximum atomic E-state index is 13.7. The summed E-state index contributed by atoms with van der Waals surface area (Å²) >= 11 is 6.40. The van der Waals surface area contributed by atoms with Crippen LogP contribution >= 0.6 is 11.6 Å². The highest BCUT2D eigenvalue weighted by molar-refractivity contribution is 6.31. The van der Waals surface area contributed by atoms with Crippen LogP contribution in [-0.2, 0) is 21.9 Å². The summed E-state index contributed by atoms with van der Waals surface area (Å²) in [6.45, 7) is 6.97. The number of carbonyl (C=O) groups is 3. The second kappa shape index (κ2) is 13.7. The highest BCUT2D eigenvalue weighted by atomic mass is 35.5. The number of carbonyl (C=O) groups excluding carboxylic acids is 3. The lowest BCUT2D eigenvalue weighted by Crippen LogP contribution is -2.44. The summed E-state index contributed by atoms with van der Waals surface area (Å²) in [6.07, 6.45) is -8.09. The molecule has 3 aliphatic heterocycles. The van der Waals surface area contributed by atoms with Crippen molar-refractivity contribution in [2.45, 2.75) is 45.5 Å². The van der Waals surface area contributed by atoms with Crippen molar-refractivity contribution < 1.29 is 40.7 Å². The van der Waals surface area contributed by atoms with Gasteiger partial charge < -0.3 is 19.6 Å². The van der Waals surface area contributed by atoms with Gasteiger partial charge in [-0.25, -0.2) is 0 Å². The molecule has 3 aliphatic rings. The minimum absolute atomic E-state index is 0.0114. The number of halogens is 7. The lowest BCUT2D eigenvalue weighted by Gasteiger charge is -2.34. The van der Waals surface area contributed by atoms with E-state index in [4.69, 9.17) is 11.6 Å². The molecule has 0 radical (unpaired) electrons. The van der Waals surface area contributed by atoms with E-state index in [9.17, 15) is 40.7 Å². The van der Waals surface area contributed by atoms with Gasteiger partial charge in [-0.3, -0.25) is 14.4 Å². The molecule has 0 spiro atoms. The first-order chi connectivity index (χ1) is 22.0. The summed E-state index contributed by atoms with van der Waals surface area (Å²) in [4.78, 5) is 45.6. The molecule has 0 aliphatic carbocycles. The molecule has 3 heterocycles. The van der Waals surface area contributed by atoms with E-state index in [2.05, 4.69) is 4.90 Å². The van der Waals surface area contributed by atoms with Gasteiger partial charge in [0.05, 0.1) is 16.7 Å². The van der Waals surface area contributed by atoms with E-state index < -0.39 is 35.0 Å². The van der Waals surface area contributed by atoms with Crippen LogP contribution in [0.25, 0.3) is 0 Å². The van der Waals surface area contributed by atoms with Gasteiger partial charge in [-0.15, -0.1) is 0 Å². The molecule has 47 heavy (non-hydrogen) atoms. The van der Waals surface area contributed by atoms with Crippen LogP contribution in [0, 0.1) is 24.7 Å². The van der Waals surface area contributed by atoms with Gasteiger partial charge in [0.1, 0.15) is 0 Å². The molecule has 0 bridgehead atoms. The number of alkyl halides is 6. The van der Waals surface area contributed by atoms with E-state index in [0.29, 0.717) is 87.4 Å². The molecule has 2 unspecified atom stereocenters. The zero-order valence-electron chi connectivity index (χ0n) is 26.1. The molecular weight excluding hydrogens is 650 g/mol. The Hall–Kier alpha value is -3.32. The molecule has 3 amide bonds. The van der Waals surface area contributed by atoms with Crippen LogP contribution in [0.3, 0.4) is 0 Å². The smallest absolute Gasteiger partial charge is 0.343 e. The maximum absolute atomic E-state index is 13.7. The number of benzene rings is 2. The molecule has 2 aromatic rings. The first-order valence-corrected chi connectivity index (χ1v) is 16.0. The monoisotopic (exact) mass is 686 g/mol. The fourth-order valence-corrected chi connectivity index (χ4v) is 7.16. The zero-order valence-corrected chi connectivity index (χ0v) is 26.9. The Morgan fingerprint density at radius 1 is 0.872 bits per heavy atom. The van der Waals surface area contributed by atoms with E-state index in [1.807, 2.05) is 19.1 Å². The summed E-state index contributed by atoms with van der Waals surface area (Å²) < 4.78 is 80.7. The quantitative estimate of drug-likeness (QED) is 0.318.